The zero-order valence-electron chi connectivity index (χ0n) is 13.4. The minimum atomic E-state index is 1.25. The molecule has 0 fully saturated rings. The molecule has 0 unspecified atom stereocenters. The van der Waals surface area contributed by atoms with E-state index in [1.54, 1.807) is 0 Å². The van der Waals surface area contributed by atoms with E-state index in [-0.39, 0.29) is 0 Å². The summed E-state index contributed by atoms with van der Waals surface area (Å²) >= 11 is 0. The van der Waals surface area contributed by atoms with Crippen LogP contribution < -0.4 is 0 Å². The van der Waals surface area contributed by atoms with E-state index < -0.39 is 0 Å². The second-order valence-electron chi connectivity index (χ2n) is 5.37. The van der Waals surface area contributed by atoms with Crippen molar-refractivity contribution in [1.29, 1.82) is 10.8 Å². The molecule has 2 N–H and O–H groups in total. The fourth-order valence-electron chi connectivity index (χ4n) is 2.27. The van der Waals surface area contributed by atoms with Gasteiger partial charge in [-0.05, 0) is 0 Å². The van der Waals surface area contributed by atoms with Gasteiger partial charge in [-0.15, -0.1) is 0 Å². The maximum Gasteiger partial charge on any atom is 0.0831 e. The van der Waals surface area contributed by atoms with Crippen LogP contribution in [0.3, 0.4) is 0 Å². The van der Waals surface area contributed by atoms with E-state index in [4.69, 9.17) is 10.8 Å². The van der Waals surface area contributed by atoms with Crippen LogP contribution in [0.25, 0.3) is 0 Å². The van der Waals surface area contributed by atoms with Crippen molar-refractivity contribution in [3.05, 3.63) is 0 Å². The van der Waals surface area contributed by atoms with E-state index in [9.17, 15) is 0 Å². The maximum atomic E-state index is 5.62. The first kappa shape index (κ1) is 20.7. The van der Waals surface area contributed by atoms with Crippen molar-refractivity contribution in [3.63, 3.8) is 0 Å². The van der Waals surface area contributed by atoms with Crippen LogP contribution in [-0.2, 0) is 0 Å². The third-order valence-electron chi connectivity index (χ3n) is 3.46. The molecule has 2 heteroatoms. The lowest BCUT2D eigenvalue weighted by molar-refractivity contribution is 0.538. The van der Waals surface area contributed by atoms with Crippen molar-refractivity contribution in [1.82, 2.24) is 0 Å². The highest BCUT2D eigenvalue weighted by molar-refractivity contribution is 5.29. The lowest BCUT2D eigenvalue weighted by Gasteiger charge is -2.02. The van der Waals surface area contributed by atoms with Crippen LogP contribution in [0.2, 0.25) is 0 Å². The molecule has 0 atom stereocenters. The van der Waals surface area contributed by atoms with Gasteiger partial charge < -0.3 is 0 Å². The fraction of sp³-hybridized carbons (Fsp3) is 0.941. The van der Waals surface area contributed by atoms with Gasteiger partial charge in [-0.1, -0.05) is 104 Å². The molecule has 0 amide bonds. The molecule has 19 heavy (non-hydrogen) atoms. The van der Waals surface area contributed by atoms with Gasteiger partial charge in [0.25, 0.3) is 0 Å². The van der Waals surface area contributed by atoms with Gasteiger partial charge in [-0.3, -0.25) is 0 Å². The van der Waals surface area contributed by atoms with E-state index in [2.05, 4.69) is 13.8 Å². The quantitative estimate of drug-likeness (QED) is 0.272. The smallest absolute Gasteiger partial charge is 0.0831 e. The Bertz CT molecular complexity index is 158. The molecular weight excluding hydrogens is 232 g/mol. The molecule has 0 aliphatic carbocycles. The molecule has 0 aliphatic rings. The second-order valence-corrected chi connectivity index (χ2v) is 5.37. The van der Waals surface area contributed by atoms with Crippen molar-refractivity contribution >= 4 is 6.01 Å². The first-order valence-corrected chi connectivity index (χ1v) is 8.41. The number of unbranched alkanes of at least 4 members (excludes halogenated alkanes) is 13. The second kappa shape index (κ2) is 22.6. The summed E-state index contributed by atoms with van der Waals surface area (Å²) in [5.74, 6) is 0. The molecule has 0 saturated heterocycles. The van der Waals surface area contributed by atoms with Gasteiger partial charge in [0, 0.05) is 0 Å². The molecule has 0 aromatic heterocycles. The third-order valence-corrected chi connectivity index (χ3v) is 3.46. The summed E-state index contributed by atoms with van der Waals surface area (Å²) in [6, 6.07) is 1.25. The van der Waals surface area contributed by atoms with E-state index in [1.165, 1.54) is 95.9 Å². The standard InChI is InChI=1S/C16H34.CH2N2/c1-3-5-7-9-11-13-15-16-14-12-10-8-6-4-2;2-1-3/h3-16H2,1-2H3;2-3H. The Morgan fingerprint density at radius 3 is 0.789 bits per heavy atom. The van der Waals surface area contributed by atoms with Gasteiger partial charge in [0.05, 0.1) is 6.01 Å². The van der Waals surface area contributed by atoms with E-state index in [0.717, 1.165) is 0 Å². The predicted molar refractivity (Wildman–Crippen MR) is 86.4 cm³/mol. The first-order chi connectivity index (χ1) is 9.33. The normalized spacial score (nSPS) is 9.58. The molecule has 0 saturated carbocycles. The number of hydrogen-bond acceptors (Lipinski definition) is 2. The third kappa shape index (κ3) is 26.8. The number of rotatable bonds is 13. The highest BCUT2D eigenvalue weighted by Crippen LogP contribution is 2.12. The van der Waals surface area contributed by atoms with Crippen molar-refractivity contribution in [2.45, 2.75) is 104 Å². The summed E-state index contributed by atoms with van der Waals surface area (Å²) in [4.78, 5) is 0. The summed E-state index contributed by atoms with van der Waals surface area (Å²) in [6.07, 6.45) is 20.4. The molecule has 0 aromatic rings. The molecule has 0 aliphatic heterocycles. The lowest BCUT2D eigenvalue weighted by Crippen LogP contribution is -1.82. The molecule has 2 nitrogen and oxygen atoms in total. The monoisotopic (exact) mass is 268 g/mol. The Hall–Kier alpha value is -0.620. The van der Waals surface area contributed by atoms with Gasteiger partial charge in [-0.2, -0.15) is 0 Å². The zero-order chi connectivity index (χ0) is 14.6. The van der Waals surface area contributed by atoms with Crippen molar-refractivity contribution in [2.24, 2.45) is 0 Å². The Balaban J connectivity index is 0. The van der Waals surface area contributed by atoms with Gasteiger partial charge in [-0.25, -0.2) is 10.8 Å². The summed E-state index contributed by atoms with van der Waals surface area (Å²) in [7, 11) is 0. The van der Waals surface area contributed by atoms with Crippen LogP contribution in [0.1, 0.15) is 104 Å². The summed E-state index contributed by atoms with van der Waals surface area (Å²) in [5.41, 5.74) is 0. The Labute approximate surface area is 121 Å². The summed E-state index contributed by atoms with van der Waals surface area (Å²) in [6.45, 7) is 4.58. The minimum absolute atomic E-state index is 1.25. The molecule has 0 aromatic carbocycles. The van der Waals surface area contributed by atoms with Gasteiger partial charge in [0.15, 0.2) is 0 Å². The zero-order valence-corrected chi connectivity index (χ0v) is 13.4. The molecule has 114 valence electrons. The Morgan fingerprint density at radius 2 is 0.632 bits per heavy atom. The largest absolute Gasteiger partial charge is 0.242 e. The van der Waals surface area contributed by atoms with Gasteiger partial charge in [0.1, 0.15) is 0 Å². The van der Waals surface area contributed by atoms with E-state index >= 15 is 0 Å². The van der Waals surface area contributed by atoms with Crippen LogP contribution in [-0.4, -0.2) is 6.01 Å². The van der Waals surface area contributed by atoms with Crippen LogP contribution >= 0.6 is 0 Å². The number of nitrogens with one attached hydrogen (secondary N) is 2. The predicted octanol–water partition coefficient (Wildman–Crippen LogP) is 6.81. The van der Waals surface area contributed by atoms with Crippen LogP contribution in [0.15, 0.2) is 0 Å². The topological polar surface area (TPSA) is 47.7 Å². The van der Waals surface area contributed by atoms with Crippen molar-refractivity contribution < 1.29 is 0 Å². The van der Waals surface area contributed by atoms with E-state index in [1.807, 2.05) is 0 Å². The Kier molecular flexibility index (Phi) is 24.6. The molecule has 0 spiro atoms. The van der Waals surface area contributed by atoms with Crippen molar-refractivity contribution in [3.8, 4) is 0 Å². The highest BCUT2D eigenvalue weighted by atomic mass is 14.4. The molecular formula is C17H36N2. The van der Waals surface area contributed by atoms with Crippen LogP contribution in [0.5, 0.6) is 0 Å². The van der Waals surface area contributed by atoms with Crippen LogP contribution in [0.4, 0.5) is 0 Å². The SMILES string of the molecule is CCCCCCCCCCCCCCCC.N=C=N. The number of hydrogen-bond donors (Lipinski definition) is 2. The average molecular weight is 268 g/mol. The summed E-state index contributed by atoms with van der Waals surface area (Å²) < 4.78 is 0. The van der Waals surface area contributed by atoms with Crippen LogP contribution in [0, 0.1) is 10.8 Å². The minimum Gasteiger partial charge on any atom is -0.242 e. The van der Waals surface area contributed by atoms with Gasteiger partial charge in [0.2, 0.25) is 0 Å². The van der Waals surface area contributed by atoms with E-state index in [0.29, 0.717) is 0 Å². The molecule has 0 heterocycles. The maximum absolute atomic E-state index is 5.62. The van der Waals surface area contributed by atoms with Crippen molar-refractivity contribution in [2.75, 3.05) is 0 Å². The molecule has 0 radical (unpaired) electrons. The average Bonchev–Trinajstić information content (AvgIpc) is 2.41. The lowest BCUT2D eigenvalue weighted by atomic mass is 10.0. The fourth-order valence-corrected chi connectivity index (χ4v) is 2.27. The highest BCUT2D eigenvalue weighted by Gasteiger charge is 1.92. The molecule has 0 bridgehead atoms. The first-order valence-electron chi connectivity index (χ1n) is 8.41. The van der Waals surface area contributed by atoms with Gasteiger partial charge >= 0.3 is 0 Å². The summed E-state index contributed by atoms with van der Waals surface area (Å²) in [5, 5.41) is 11.2. The Morgan fingerprint density at radius 1 is 0.474 bits per heavy atom. The molecule has 0 rings (SSSR count).